The van der Waals surface area contributed by atoms with Crippen molar-refractivity contribution in [1.82, 2.24) is 10.2 Å². The standard InChI is InChI=1S/C29H28ClFN4O4/c1-3-15-35-26(18-9-6-5-7-10-18)24(27(36)39-4-2)25(34-29(35)38)19-11-8-12-20(16-19)32-28(37)33-21-13-14-23(31)22(30)17-21/h5-14,16-17,25H,3-4,15H2,1-2H3,(H,34,38)(H2,32,33,37). The van der Waals surface area contributed by atoms with E-state index in [0.717, 1.165) is 6.07 Å². The van der Waals surface area contributed by atoms with E-state index in [4.69, 9.17) is 16.3 Å². The minimum absolute atomic E-state index is 0.118. The minimum atomic E-state index is -0.833. The van der Waals surface area contributed by atoms with Crippen LogP contribution in [0.5, 0.6) is 0 Å². The molecule has 0 fully saturated rings. The van der Waals surface area contributed by atoms with Gasteiger partial charge in [0, 0.05) is 17.9 Å². The maximum absolute atomic E-state index is 13.4. The summed E-state index contributed by atoms with van der Waals surface area (Å²) in [7, 11) is 0. The number of amides is 4. The number of ether oxygens (including phenoxy) is 1. The lowest BCUT2D eigenvalue weighted by atomic mass is 9.91. The smallest absolute Gasteiger partial charge is 0.338 e. The molecule has 0 spiro atoms. The molecule has 0 saturated carbocycles. The predicted molar refractivity (Wildman–Crippen MR) is 149 cm³/mol. The highest BCUT2D eigenvalue weighted by Gasteiger charge is 2.38. The predicted octanol–water partition coefficient (Wildman–Crippen LogP) is 6.57. The van der Waals surface area contributed by atoms with Gasteiger partial charge in [-0.25, -0.2) is 18.8 Å². The first-order valence-corrected chi connectivity index (χ1v) is 12.9. The second kappa shape index (κ2) is 12.4. The molecule has 1 heterocycles. The number of carbonyl (C=O) groups is 3. The molecule has 1 aliphatic rings. The van der Waals surface area contributed by atoms with Crippen LogP contribution in [-0.2, 0) is 9.53 Å². The van der Waals surface area contributed by atoms with Crippen molar-refractivity contribution in [2.24, 2.45) is 0 Å². The molecule has 8 nitrogen and oxygen atoms in total. The van der Waals surface area contributed by atoms with Gasteiger partial charge < -0.3 is 20.7 Å². The fourth-order valence-corrected chi connectivity index (χ4v) is 4.52. The van der Waals surface area contributed by atoms with Crippen molar-refractivity contribution in [2.45, 2.75) is 26.3 Å². The number of nitrogens with zero attached hydrogens (tertiary/aromatic N) is 1. The number of hydrogen-bond donors (Lipinski definition) is 3. The first-order valence-electron chi connectivity index (χ1n) is 12.5. The molecule has 1 atom stereocenters. The summed E-state index contributed by atoms with van der Waals surface area (Å²) >= 11 is 5.80. The second-order valence-corrected chi connectivity index (χ2v) is 9.12. The number of carbonyl (C=O) groups excluding carboxylic acids is 3. The number of rotatable bonds is 8. The topological polar surface area (TPSA) is 99.8 Å². The van der Waals surface area contributed by atoms with Gasteiger partial charge in [-0.3, -0.25) is 4.90 Å². The highest BCUT2D eigenvalue weighted by atomic mass is 35.5. The molecule has 1 aliphatic heterocycles. The maximum atomic E-state index is 13.4. The Balaban J connectivity index is 1.71. The van der Waals surface area contributed by atoms with E-state index in [-0.39, 0.29) is 17.7 Å². The molecule has 0 bridgehead atoms. The summed E-state index contributed by atoms with van der Waals surface area (Å²) in [6.07, 6.45) is 0.679. The molecule has 4 rings (SSSR count). The van der Waals surface area contributed by atoms with Gasteiger partial charge in [0.1, 0.15) is 5.82 Å². The summed E-state index contributed by atoms with van der Waals surface area (Å²) in [5, 5.41) is 8.13. The Bertz CT molecular complexity index is 1410. The SMILES string of the molecule is CCCN1C(=O)NC(c2cccc(NC(=O)Nc3ccc(F)c(Cl)c3)c2)C(C(=O)OCC)=C1c1ccccc1. The van der Waals surface area contributed by atoms with Gasteiger partial charge in [0.25, 0.3) is 0 Å². The molecule has 1 unspecified atom stereocenters. The molecule has 3 aromatic rings. The summed E-state index contributed by atoms with van der Waals surface area (Å²) < 4.78 is 18.9. The van der Waals surface area contributed by atoms with E-state index in [1.54, 1.807) is 36.1 Å². The Labute approximate surface area is 230 Å². The van der Waals surface area contributed by atoms with Gasteiger partial charge in [0.2, 0.25) is 0 Å². The third-order valence-electron chi connectivity index (χ3n) is 5.97. The molecule has 3 aromatic carbocycles. The molecule has 0 aliphatic carbocycles. The first-order chi connectivity index (χ1) is 18.8. The van der Waals surface area contributed by atoms with E-state index in [2.05, 4.69) is 16.0 Å². The third kappa shape index (κ3) is 6.38. The lowest BCUT2D eigenvalue weighted by Crippen LogP contribution is -2.48. The lowest BCUT2D eigenvalue weighted by molar-refractivity contribution is -0.138. The van der Waals surface area contributed by atoms with Crippen molar-refractivity contribution in [1.29, 1.82) is 0 Å². The molecule has 3 N–H and O–H groups in total. The van der Waals surface area contributed by atoms with Crippen LogP contribution in [0.4, 0.5) is 25.4 Å². The molecule has 202 valence electrons. The largest absolute Gasteiger partial charge is 0.463 e. The van der Waals surface area contributed by atoms with E-state index in [1.807, 2.05) is 37.3 Å². The van der Waals surface area contributed by atoms with Crippen LogP contribution in [0.1, 0.15) is 37.4 Å². The van der Waals surface area contributed by atoms with Gasteiger partial charge in [-0.15, -0.1) is 0 Å². The van der Waals surface area contributed by atoms with Crippen LogP contribution in [0.2, 0.25) is 5.02 Å². The summed E-state index contributed by atoms with van der Waals surface area (Å²) in [5.74, 6) is -1.14. The van der Waals surface area contributed by atoms with E-state index in [1.165, 1.54) is 12.1 Å². The van der Waals surface area contributed by atoms with Gasteiger partial charge in [-0.05, 0) is 54.8 Å². The van der Waals surface area contributed by atoms with Crippen molar-refractivity contribution in [2.75, 3.05) is 23.8 Å². The molecule has 39 heavy (non-hydrogen) atoms. The highest BCUT2D eigenvalue weighted by Crippen LogP contribution is 2.37. The van der Waals surface area contributed by atoms with Gasteiger partial charge >= 0.3 is 18.0 Å². The Kier molecular flexibility index (Phi) is 8.83. The number of anilines is 2. The number of urea groups is 2. The molecule has 0 saturated heterocycles. The molecule has 0 radical (unpaired) electrons. The Morgan fingerprint density at radius 1 is 1.00 bits per heavy atom. The number of hydrogen-bond acceptors (Lipinski definition) is 4. The fraction of sp³-hybridized carbons (Fsp3) is 0.207. The van der Waals surface area contributed by atoms with Crippen LogP contribution in [0, 0.1) is 5.82 Å². The zero-order valence-corrected chi connectivity index (χ0v) is 22.2. The van der Waals surface area contributed by atoms with Crippen molar-refractivity contribution < 1.29 is 23.5 Å². The zero-order chi connectivity index (χ0) is 27.9. The fourth-order valence-electron chi connectivity index (χ4n) is 4.34. The molecular formula is C29H28ClFN4O4. The van der Waals surface area contributed by atoms with Crippen LogP contribution in [0.25, 0.3) is 5.70 Å². The van der Waals surface area contributed by atoms with Gasteiger partial charge in [0.05, 0.1) is 28.9 Å². The van der Waals surface area contributed by atoms with Crippen LogP contribution in [-0.4, -0.2) is 36.1 Å². The van der Waals surface area contributed by atoms with Gasteiger partial charge in [-0.1, -0.05) is 61.0 Å². The minimum Gasteiger partial charge on any atom is -0.463 e. The quantitative estimate of drug-likeness (QED) is 0.276. The Hall–Kier alpha value is -4.37. The third-order valence-corrected chi connectivity index (χ3v) is 6.26. The normalized spacial score (nSPS) is 15.0. The Morgan fingerprint density at radius 3 is 2.38 bits per heavy atom. The second-order valence-electron chi connectivity index (χ2n) is 8.72. The molecule has 4 amide bonds. The molecule has 0 aromatic heterocycles. The van der Waals surface area contributed by atoms with Gasteiger partial charge in [-0.2, -0.15) is 0 Å². The molecule has 10 heteroatoms. The summed E-state index contributed by atoms with van der Waals surface area (Å²) in [4.78, 5) is 40.8. The Morgan fingerprint density at radius 2 is 1.72 bits per heavy atom. The monoisotopic (exact) mass is 550 g/mol. The van der Waals surface area contributed by atoms with Crippen molar-refractivity contribution >= 4 is 46.7 Å². The number of benzene rings is 3. The van der Waals surface area contributed by atoms with E-state index in [0.29, 0.717) is 46.7 Å². The van der Waals surface area contributed by atoms with Crippen LogP contribution >= 0.6 is 11.6 Å². The average molecular weight is 551 g/mol. The van der Waals surface area contributed by atoms with E-state index < -0.39 is 23.9 Å². The summed E-state index contributed by atoms with van der Waals surface area (Å²) in [5.41, 5.74) is 2.77. The zero-order valence-electron chi connectivity index (χ0n) is 21.5. The van der Waals surface area contributed by atoms with Crippen LogP contribution in [0.15, 0.2) is 78.4 Å². The van der Waals surface area contributed by atoms with Crippen molar-refractivity contribution in [3.05, 3.63) is 100 Å². The number of esters is 1. The number of nitrogens with one attached hydrogen (secondary N) is 3. The van der Waals surface area contributed by atoms with Crippen molar-refractivity contribution in [3.8, 4) is 0 Å². The molecular weight excluding hydrogens is 523 g/mol. The summed E-state index contributed by atoms with van der Waals surface area (Å²) in [6.45, 7) is 4.24. The number of halogens is 2. The van der Waals surface area contributed by atoms with Gasteiger partial charge in [0.15, 0.2) is 0 Å². The average Bonchev–Trinajstić information content (AvgIpc) is 2.92. The van der Waals surface area contributed by atoms with Crippen molar-refractivity contribution in [3.63, 3.8) is 0 Å². The van der Waals surface area contributed by atoms with Crippen LogP contribution in [0.3, 0.4) is 0 Å². The first kappa shape index (κ1) is 27.7. The highest BCUT2D eigenvalue weighted by molar-refractivity contribution is 6.31. The van der Waals surface area contributed by atoms with E-state index in [9.17, 15) is 18.8 Å². The summed E-state index contributed by atoms with van der Waals surface area (Å²) in [6, 6.07) is 18.1. The van der Waals surface area contributed by atoms with Crippen LogP contribution < -0.4 is 16.0 Å². The van der Waals surface area contributed by atoms with E-state index >= 15 is 0 Å². The lowest BCUT2D eigenvalue weighted by Gasteiger charge is -2.37. The maximum Gasteiger partial charge on any atom is 0.338 e.